The highest BCUT2D eigenvalue weighted by molar-refractivity contribution is 8.01. The largest absolute Gasteiger partial charge is 0.389 e. The van der Waals surface area contributed by atoms with Crippen molar-refractivity contribution in [2.24, 2.45) is 5.73 Å². The molecule has 19 heavy (non-hydrogen) atoms. The van der Waals surface area contributed by atoms with Crippen LogP contribution in [0.2, 0.25) is 0 Å². The number of aromatic nitrogens is 2. The molecule has 1 aromatic heterocycles. The van der Waals surface area contributed by atoms with E-state index in [9.17, 15) is 8.42 Å². The predicted octanol–water partition coefficient (Wildman–Crippen LogP) is 0.0347. The van der Waals surface area contributed by atoms with Crippen molar-refractivity contribution in [2.45, 2.75) is 5.37 Å². The second kappa shape index (κ2) is 5.59. The van der Waals surface area contributed by atoms with Crippen LogP contribution in [0.15, 0.2) is 12.3 Å². The van der Waals surface area contributed by atoms with E-state index < -0.39 is 15.2 Å². The minimum atomic E-state index is -3.21. The molecule has 1 aliphatic heterocycles. The van der Waals surface area contributed by atoms with Gasteiger partial charge >= 0.3 is 0 Å². The zero-order chi connectivity index (χ0) is 14.0. The predicted molar refractivity (Wildman–Crippen MR) is 81.2 cm³/mol. The Labute approximate surface area is 121 Å². The van der Waals surface area contributed by atoms with E-state index >= 15 is 0 Å². The molecule has 2 heterocycles. The molecule has 1 fully saturated rings. The van der Waals surface area contributed by atoms with Crippen LogP contribution < -0.4 is 10.6 Å². The zero-order valence-corrected chi connectivity index (χ0v) is 12.8. The highest BCUT2D eigenvalue weighted by atomic mass is 32.2. The first kappa shape index (κ1) is 14.5. The van der Waals surface area contributed by atoms with Crippen molar-refractivity contribution in [1.29, 1.82) is 0 Å². The number of thioether (sulfide) groups is 1. The molecule has 0 aromatic carbocycles. The number of thiocarbonyl (C=S) groups is 1. The zero-order valence-electron chi connectivity index (χ0n) is 10.3. The van der Waals surface area contributed by atoms with Gasteiger partial charge in [-0.2, -0.15) is 16.9 Å². The van der Waals surface area contributed by atoms with Gasteiger partial charge in [0.05, 0.1) is 11.8 Å². The normalized spacial score (nSPS) is 20.3. The summed E-state index contributed by atoms with van der Waals surface area (Å²) in [6.45, 7) is 0.580. The van der Waals surface area contributed by atoms with Gasteiger partial charge in [-0.05, 0) is 6.07 Å². The van der Waals surface area contributed by atoms with Crippen molar-refractivity contribution >= 4 is 44.6 Å². The molecule has 0 spiro atoms. The second-order valence-corrected chi connectivity index (χ2v) is 7.98. The molecule has 0 radical (unpaired) electrons. The van der Waals surface area contributed by atoms with Crippen LogP contribution in [-0.2, 0) is 9.84 Å². The van der Waals surface area contributed by atoms with Crippen molar-refractivity contribution in [2.75, 3.05) is 29.2 Å². The number of sulfone groups is 1. The highest BCUT2D eigenvalue weighted by Crippen LogP contribution is 2.27. The van der Waals surface area contributed by atoms with Gasteiger partial charge in [0.25, 0.3) is 0 Å². The monoisotopic (exact) mass is 318 g/mol. The molecule has 2 rings (SSSR count). The number of rotatable bonds is 3. The molecule has 0 saturated carbocycles. The summed E-state index contributed by atoms with van der Waals surface area (Å²) in [6.07, 6.45) is 2.72. The van der Waals surface area contributed by atoms with Crippen LogP contribution in [0.5, 0.6) is 0 Å². The Hall–Kier alpha value is -0.930. The molecular formula is C10H14N4O2S3. The van der Waals surface area contributed by atoms with Crippen molar-refractivity contribution in [3.05, 3.63) is 17.8 Å². The van der Waals surface area contributed by atoms with Crippen LogP contribution in [0.1, 0.15) is 5.56 Å². The van der Waals surface area contributed by atoms with E-state index in [0.717, 1.165) is 5.75 Å². The number of anilines is 1. The maximum atomic E-state index is 11.9. The second-order valence-electron chi connectivity index (χ2n) is 4.19. The third-order valence-corrected chi connectivity index (χ3v) is 5.68. The average molecular weight is 318 g/mol. The summed E-state index contributed by atoms with van der Waals surface area (Å²) in [5.74, 6) is 1.79. The number of nitrogens with zero attached hydrogens (tertiary/aromatic N) is 3. The van der Waals surface area contributed by atoms with Crippen molar-refractivity contribution in [3.8, 4) is 0 Å². The van der Waals surface area contributed by atoms with Gasteiger partial charge in [-0.25, -0.2) is 8.42 Å². The van der Waals surface area contributed by atoms with Crippen LogP contribution in [0.4, 0.5) is 5.82 Å². The topological polar surface area (TPSA) is 89.2 Å². The Kier molecular flexibility index (Phi) is 4.26. The molecule has 0 amide bonds. The standard InChI is InChI=1S/C10H14N4O2S3/c1-19(15,16)8-6-18-5-4-14(8)10-7(9(11)17)2-3-12-13-10/h2-3,8H,4-6H2,1H3,(H2,11,17). The molecule has 2 N–H and O–H groups in total. The summed E-state index contributed by atoms with van der Waals surface area (Å²) in [4.78, 5) is 1.92. The minimum absolute atomic E-state index is 0.190. The first-order valence-corrected chi connectivity index (χ1v) is 9.08. The van der Waals surface area contributed by atoms with Crippen LogP contribution in [0.25, 0.3) is 0 Å². The lowest BCUT2D eigenvalue weighted by molar-refractivity contribution is 0.583. The first-order valence-electron chi connectivity index (χ1n) is 5.56. The summed E-state index contributed by atoms with van der Waals surface area (Å²) >= 11 is 6.59. The maximum Gasteiger partial charge on any atom is 0.169 e. The Balaban J connectivity index is 2.46. The van der Waals surface area contributed by atoms with Crippen molar-refractivity contribution < 1.29 is 8.42 Å². The summed E-state index contributed by atoms with van der Waals surface area (Å²) in [7, 11) is -3.21. The van der Waals surface area contributed by atoms with Gasteiger partial charge in [-0.3, -0.25) is 0 Å². The smallest absolute Gasteiger partial charge is 0.169 e. The Morgan fingerprint density at radius 1 is 1.63 bits per heavy atom. The van der Waals surface area contributed by atoms with E-state index in [1.54, 1.807) is 22.7 Å². The molecule has 0 bridgehead atoms. The lowest BCUT2D eigenvalue weighted by atomic mass is 10.2. The summed E-state index contributed by atoms with van der Waals surface area (Å²) < 4.78 is 23.8. The van der Waals surface area contributed by atoms with Gasteiger partial charge in [0, 0.05) is 24.3 Å². The quantitative estimate of drug-likeness (QED) is 0.781. The number of hydrogen-bond acceptors (Lipinski definition) is 7. The van der Waals surface area contributed by atoms with E-state index in [2.05, 4.69) is 10.2 Å². The van der Waals surface area contributed by atoms with Crippen LogP contribution >= 0.6 is 24.0 Å². The minimum Gasteiger partial charge on any atom is -0.389 e. The fourth-order valence-electron chi connectivity index (χ4n) is 1.91. The lowest BCUT2D eigenvalue weighted by Crippen LogP contribution is -2.48. The Morgan fingerprint density at radius 2 is 2.37 bits per heavy atom. The summed E-state index contributed by atoms with van der Waals surface area (Å²) in [5.41, 5.74) is 6.22. The van der Waals surface area contributed by atoms with Gasteiger partial charge in [0.15, 0.2) is 15.7 Å². The van der Waals surface area contributed by atoms with Crippen LogP contribution in [-0.4, -0.2) is 53.3 Å². The molecule has 1 aromatic rings. The SMILES string of the molecule is CS(=O)(=O)C1CSCCN1c1nnccc1C(N)=S. The molecule has 9 heteroatoms. The van der Waals surface area contributed by atoms with Crippen molar-refractivity contribution in [1.82, 2.24) is 10.2 Å². The average Bonchev–Trinajstić information content (AvgIpc) is 2.37. The van der Waals surface area contributed by atoms with Gasteiger partial charge in [-0.15, -0.1) is 5.10 Å². The van der Waals surface area contributed by atoms with E-state index in [1.165, 1.54) is 12.5 Å². The number of nitrogens with two attached hydrogens (primary N) is 1. The van der Waals surface area contributed by atoms with Gasteiger partial charge < -0.3 is 10.6 Å². The molecule has 1 atom stereocenters. The van der Waals surface area contributed by atoms with E-state index in [4.69, 9.17) is 18.0 Å². The molecule has 6 nitrogen and oxygen atoms in total. The Bertz CT molecular complexity index is 590. The van der Waals surface area contributed by atoms with Gasteiger partial charge in [0.1, 0.15) is 10.4 Å². The third kappa shape index (κ3) is 3.15. The molecule has 1 unspecified atom stereocenters. The van der Waals surface area contributed by atoms with E-state index in [0.29, 0.717) is 23.7 Å². The molecule has 0 aliphatic carbocycles. The lowest BCUT2D eigenvalue weighted by Gasteiger charge is -2.35. The maximum absolute atomic E-state index is 11.9. The molecular weight excluding hydrogens is 304 g/mol. The molecule has 1 saturated heterocycles. The first-order chi connectivity index (χ1) is 8.91. The van der Waals surface area contributed by atoms with E-state index in [1.807, 2.05) is 0 Å². The fraction of sp³-hybridized carbons (Fsp3) is 0.500. The molecule has 1 aliphatic rings. The highest BCUT2D eigenvalue weighted by Gasteiger charge is 2.33. The van der Waals surface area contributed by atoms with Gasteiger partial charge in [-0.1, -0.05) is 12.2 Å². The van der Waals surface area contributed by atoms with Gasteiger partial charge in [0.2, 0.25) is 0 Å². The van der Waals surface area contributed by atoms with E-state index in [-0.39, 0.29) is 4.99 Å². The van der Waals surface area contributed by atoms with Crippen LogP contribution in [0, 0.1) is 0 Å². The number of hydrogen-bond donors (Lipinski definition) is 1. The molecule has 104 valence electrons. The summed E-state index contributed by atoms with van der Waals surface area (Å²) in [6, 6.07) is 1.66. The summed E-state index contributed by atoms with van der Waals surface area (Å²) in [5, 5.41) is 7.22. The third-order valence-electron chi connectivity index (χ3n) is 2.82. The van der Waals surface area contributed by atoms with Crippen LogP contribution in [0.3, 0.4) is 0 Å². The van der Waals surface area contributed by atoms with Crippen molar-refractivity contribution in [3.63, 3.8) is 0 Å². The Morgan fingerprint density at radius 3 is 3.00 bits per heavy atom. The fourth-order valence-corrected chi connectivity index (χ4v) is 4.89.